The van der Waals surface area contributed by atoms with Crippen LogP contribution in [0, 0.1) is 0 Å². The first-order chi connectivity index (χ1) is 14.0. The molecule has 2 rings (SSSR count). The number of aliphatic hydroxyl groups excluding tert-OH is 3. The number of benzene rings is 2. The molecule has 0 aliphatic rings. The van der Waals surface area contributed by atoms with Gasteiger partial charge in [0.2, 0.25) is 5.75 Å². The number of ether oxygens (including phenoxy) is 4. The molecule has 0 fully saturated rings. The zero-order chi connectivity index (χ0) is 21.4. The lowest BCUT2D eigenvalue weighted by molar-refractivity contribution is -0.00174. The summed E-state index contributed by atoms with van der Waals surface area (Å²) in [6, 6.07) is 7.70. The third-order valence-electron chi connectivity index (χ3n) is 4.25. The number of methoxy groups -OCH3 is 3. The van der Waals surface area contributed by atoms with Gasteiger partial charge in [-0.05, 0) is 35.4 Å². The third-order valence-corrected chi connectivity index (χ3v) is 4.25. The topological polar surface area (TPSA) is 118 Å². The summed E-state index contributed by atoms with van der Waals surface area (Å²) in [5, 5.41) is 39.2. The molecule has 2 unspecified atom stereocenters. The summed E-state index contributed by atoms with van der Waals surface area (Å²) >= 11 is 0. The number of rotatable bonds is 10. The Morgan fingerprint density at radius 3 is 2.07 bits per heavy atom. The van der Waals surface area contributed by atoms with Crippen LogP contribution in [0.25, 0.3) is 6.08 Å². The standard InChI is InChI=1S/C21H26O8/c1-26-16-11-14(6-7-15(16)24)20(25)19(12-23)29-21-17(27-2)9-13(5-4-8-22)10-18(21)28-3/h4-7,9-11,19-20,22-25H,8,12H2,1-3H3/b5-4+. The normalized spacial score (nSPS) is 13.2. The monoisotopic (exact) mass is 406 g/mol. The van der Waals surface area contributed by atoms with Crippen molar-refractivity contribution in [3.8, 4) is 28.7 Å². The number of hydrogen-bond acceptors (Lipinski definition) is 8. The molecular formula is C21H26O8. The first-order valence-electron chi connectivity index (χ1n) is 8.84. The van der Waals surface area contributed by atoms with E-state index in [1.807, 2.05) is 0 Å². The zero-order valence-corrected chi connectivity index (χ0v) is 16.5. The van der Waals surface area contributed by atoms with Gasteiger partial charge < -0.3 is 39.4 Å². The van der Waals surface area contributed by atoms with Gasteiger partial charge in [-0.15, -0.1) is 0 Å². The van der Waals surface area contributed by atoms with Crippen molar-refractivity contribution in [3.05, 3.63) is 47.5 Å². The molecule has 0 aromatic heterocycles. The van der Waals surface area contributed by atoms with Gasteiger partial charge in [0.25, 0.3) is 0 Å². The number of hydrogen-bond donors (Lipinski definition) is 4. The molecule has 0 saturated carbocycles. The molecule has 4 N–H and O–H groups in total. The Labute approximate surface area is 169 Å². The molecule has 0 saturated heterocycles. The maximum Gasteiger partial charge on any atom is 0.204 e. The molecule has 2 aromatic carbocycles. The number of aliphatic hydroxyl groups is 3. The fraction of sp³-hybridized carbons (Fsp3) is 0.333. The molecule has 0 bridgehead atoms. The van der Waals surface area contributed by atoms with Gasteiger partial charge >= 0.3 is 0 Å². The van der Waals surface area contributed by atoms with E-state index in [4.69, 9.17) is 24.1 Å². The minimum absolute atomic E-state index is 0.0696. The van der Waals surface area contributed by atoms with Crippen LogP contribution in [0.5, 0.6) is 28.7 Å². The van der Waals surface area contributed by atoms with Gasteiger partial charge in [-0.3, -0.25) is 0 Å². The van der Waals surface area contributed by atoms with E-state index in [1.165, 1.54) is 39.5 Å². The molecule has 8 nitrogen and oxygen atoms in total. The average Bonchev–Trinajstić information content (AvgIpc) is 2.75. The number of phenolic OH excluding ortho intramolecular Hbond substituents is 1. The SMILES string of the molecule is COc1cc(C(O)C(CO)Oc2c(OC)cc(/C=C/CO)cc2OC)ccc1O. The highest BCUT2D eigenvalue weighted by Crippen LogP contribution is 2.41. The first-order valence-corrected chi connectivity index (χ1v) is 8.84. The second-order valence-electron chi connectivity index (χ2n) is 6.05. The van der Waals surface area contributed by atoms with Crippen LogP contribution in [0.2, 0.25) is 0 Å². The minimum atomic E-state index is -1.22. The van der Waals surface area contributed by atoms with Gasteiger partial charge in [0, 0.05) is 0 Å². The van der Waals surface area contributed by atoms with E-state index >= 15 is 0 Å². The van der Waals surface area contributed by atoms with E-state index in [2.05, 4.69) is 0 Å². The predicted molar refractivity (Wildman–Crippen MR) is 107 cm³/mol. The van der Waals surface area contributed by atoms with Crippen LogP contribution in [-0.2, 0) is 0 Å². The Morgan fingerprint density at radius 1 is 0.931 bits per heavy atom. The highest BCUT2D eigenvalue weighted by atomic mass is 16.6. The largest absolute Gasteiger partial charge is 0.504 e. The van der Waals surface area contributed by atoms with E-state index in [0.29, 0.717) is 22.6 Å². The highest BCUT2D eigenvalue weighted by molar-refractivity contribution is 5.62. The van der Waals surface area contributed by atoms with Crippen molar-refractivity contribution in [2.75, 3.05) is 34.5 Å². The van der Waals surface area contributed by atoms with Crippen LogP contribution in [0.4, 0.5) is 0 Å². The second kappa shape index (κ2) is 10.6. The van der Waals surface area contributed by atoms with Crippen molar-refractivity contribution < 1.29 is 39.4 Å². The molecule has 0 aliphatic carbocycles. The molecule has 0 heterocycles. The molecule has 8 heteroatoms. The molecule has 0 spiro atoms. The van der Waals surface area contributed by atoms with Gasteiger partial charge in [0.05, 0.1) is 34.5 Å². The van der Waals surface area contributed by atoms with Crippen molar-refractivity contribution in [3.63, 3.8) is 0 Å². The Hall–Kier alpha value is -2.94. The average molecular weight is 406 g/mol. The van der Waals surface area contributed by atoms with Crippen LogP contribution in [0.1, 0.15) is 17.2 Å². The summed E-state index contributed by atoms with van der Waals surface area (Å²) < 4.78 is 21.7. The van der Waals surface area contributed by atoms with Gasteiger partial charge in [-0.1, -0.05) is 18.2 Å². The predicted octanol–water partition coefficient (Wildman–Crippen LogP) is 1.90. The van der Waals surface area contributed by atoms with Crippen LogP contribution >= 0.6 is 0 Å². The maximum absolute atomic E-state index is 10.7. The number of phenols is 1. The van der Waals surface area contributed by atoms with Crippen molar-refractivity contribution in [2.45, 2.75) is 12.2 Å². The van der Waals surface area contributed by atoms with Gasteiger partial charge in [0.1, 0.15) is 6.10 Å². The lowest BCUT2D eigenvalue weighted by atomic mass is 10.0. The van der Waals surface area contributed by atoms with E-state index in [1.54, 1.807) is 24.3 Å². The number of aromatic hydroxyl groups is 1. The zero-order valence-electron chi connectivity index (χ0n) is 16.5. The molecule has 2 aromatic rings. The van der Waals surface area contributed by atoms with Crippen molar-refractivity contribution in [1.82, 2.24) is 0 Å². The van der Waals surface area contributed by atoms with Gasteiger partial charge in [-0.25, -0.2) is 0 Å². The van der Waals surface area contributed by atoms with Crippen molar-refractivity contribution >= 4 is 6.08 Å². The Kier molecular flexibility index (Phi) is 8.14. The Balaban J connectivity index is 2.37. The smallest absolute Gasteiger partial charge is 0.204 e. The summed E-state index contributed by atoms with van der Waals surface area (Å²) in [5.74, 6) is 0.986. The highest BCUT2D eigenvalue weighted by Gasteiger charge is 2.26. The maximum atomic E-state index is 10.7. The Morgan fingerprint density at radius 2 is 1.55 bits per heavy atom. The molecular weight excluding hydrogens is 380 g/mol. The van der Waals surface area contributed by atoms with E-state index in [0.717, 1.165) is 0 Å². The van der Waals surface area contributed by atoms with Crippen LogP contribution in [-0.4, -0.2) is 61.1 Å². The lowest BCUT2D eigenvalue weighted by Gasteiger charge is -2.25. The molecule has 0 amide bonds. The summed E-state index contributed by atoms with van der Waals surface area (Å²) in [6.07, 6.45) is 0.979. The minimum Gasteiger partial charge on any atom is -0.504 e. The molecule has 0 aliphatic heterocycles. The molecule has 0 radical (unpaired) electrons. The first kappa shape index (κ1) is 22.4. The fourth-order valence-electron chi connectivity index (χ4n) is 2.75. The van der Waals surface area contributed by atoms with E-state index in [9.17, 15) is 15.3 Å². The summed E-state index contributed by atoms with van der Waals surface area (Å²) in [5.41, 5.74) is 1.10. The van der Waals surface area contributed by atoms with Crippen molar-refractivity contribution in [1.29, 1.82) is 0 Å². The molecule has 29 heavy (non-hydrogen) atoms. The quantitative estimate of drug-likeness (QED) is 0.473. The van der Waals surface area contributed by atoms with Crippen LogP contribution < -0.4 is 18.9 Å². The van der Waals surface area contributed by atoms with E-state index < -0.39 is 18.8 Å². The van der Waals surface area contributed by atoms with Gasteiger partial charge in [-0.2, -0.15) is 0 Å². The van der Waals surface area contributed by atoms with Crippen LogP contribution in [0.3, 0.4) is 0 Å². The summed E-state index contributed by atoms with van der Waals surface area (Å²) in [4.78, 5) is 0. The van der Waals surface area contributed by atoms with Crippen LogP contribution in [0.15, 0.2) is 36.4 Å². The van der Waals surface area contributed by atoms with Crippen molar-refractivity contribution in [2.24, 2.45) is 0 Å². The van der Waals surface area contributed by atoms with E-state index in [-0.39, 0.29) is 23.9 Å². The Bertz CT molecular complexity index is 808. The fourth-order valence-corrected chi connectivity index (χ4v) is 2.75. The molecule has 158 valence electrons. The summed E-state index contributed by atoms with van der Waals surface area (Å²) in [7, 11) is 4.31. The summed E-state index contributed by atoms with van der Waals surface area (Å²) in [6.45, 7) is -0.611. The lowest BCUT2D eigenvalue weighted by Crippen LogP contribution is -2.29. The molecule has 2 atom stereocenters. The third kappa shape index (κ3) is 5.32. The van der Waals surface area contributed by atoms with Gasteiger partial charge in [0.15, 0.2) is 29.1 Å². The second-order valence-corrected chi connectivity index (χ2v) is 6.05.